The first-order valence-electron chi connectivity index (χ1n) is 11.0. The summed E-state index contributed by atoms with van der Waals surface area (Å²) in [6.07, 6.45) is 11.1. The van der Waals surface area contributed by atoms with Gasteiger partial charge in [0.05, 0.1) is 6.20 Å². The number of piperidine rings is 1. The fourth-order valence-corrected chi connectivity index (χ4v) is 4.47. The van der Waals surface area contributed by atoms with Crippen molar-refractivity contribution in [1.82, 2.24) is 14.8 Å². The third-order valence-electron chi connectivity index (χ3n) is 5.99. The number of nitrogens with zero attached hydrogens (tertiary/aromatic N) is 3. The maximum Gasteiger partial charge on any atom is 0.253 e. The highest BCUT2D eigenvalue weighted by atomic mass is 16.5. The number of carbonyl (C=O) groups excluding carboxylic acids is 1. The van der Waals surface area contributed by atoms with Gasteiger partial charge in [0.2, 0.25) is 0 Å². The number of hydrogen-bond acceptors (Lipinski definition) is 4. The Kier molecular flexibility index (Phi) is 6.78. The zero-order valence-electron chi connectivity index (χ0n) is 17.1. The summed E-state index contributed by atoms with van der Waals surface area (Å²) in [7, 11) is 0. The van der Waals surface area contributed by atoms with Crippen LogP contribution in [0.25, 0.3) is 0 Å². The summed E-state index contributed by atoms with van der Waals surface area (Å²) in [5.41, 5.74) is 0.735. The Morgan fingerprint density at radius 2 is 1.76 bits per heavy atom. The number of carbonyl (C=O) groups is 1. The number of rotatable bonds is 5. The number of benzene rings is 1. The molecule has 0 bridgehead atoms. The number of hydrogen-bond donors (Lipinski definition) is 0. The minimum absolute atomic E-state index is 0.137. The molecule has 1 amide bonds. The molecule has 2 aliphatic heterocycles. The fraction of sp³-hybridized carbons (Fsp3) is 0.500. The second-order valence-corrected chi connectivity index (χ2v) is 8.29. The predicted molar refractivity (Wildman–Crippen MR) is 114 cm³/mol. The van der Waals surface area contributed by atoms with Crippen LogP contribution in [-0.2, 0) is 0 Å². The summed E-state index contributed by atoms with van der Waals surface area (Å²) in [6.45, 7) is 5.33. The lowest BCUT2D eigenvalue weighted by molar-refractivity contribution is 0.0641. The van der Waals surface area contributed by atoms with Crippen molar-refractivity contribution in [2.45, 2.75) is 38.5 Å². The van der Waals surface area contributed by atoms with Gasteiger partial charge in [-0.2, -0.15) is 0 Å². The van der Waals surface area contributed by atoms with Crippen LogP contribution in [-0.4, -0.2) is 53.4 Å². The summed E-state index contributed by atoms with van der Waals surface area (Å²) in [4.78, 5) is 21.7. The molecular weight excluding hydrogens is 362 g/mol. The molecule has 2 aromatic rings. The highest BCUT2D eigenvalue weighted by molar-refractivity contribution is 5.94. The second kappa shape index (κ2) is 9.88. The zero-order valence-corrected chi connectivity index (χ0v) is 17.1. The molecule has 2 aliphatic rings. The second-order valence-electron chi connectivity index (χ2n) is 8.29. The van der Waals surface area contributed by atoms with Crippen molar-refractivity contribution in [1.29, 1.82) is 0 Å². The van der Waals surface area contributed by atoms with E-state index in [1.165, 1.54) is 45.2 Å². The van der Waals surface area contributed by atoms with Gasteiger partial charge in [-0.05, 0) is 81.1 Å². The van der Waals surface area contributed by atoms with E-state index in [1.807, 2.05) is 41.3 Å². The molecule has 1 atom stereocenters. The van der Waals surface area contributed by atoms with E-state index >= 15 is 0 Å². The minimum atomic E-state index is 0.137. The van der Waals surface area contributed by atoms with Crippen molar-refractivity contribution in [2.75, 3.05) is 32.7 Å². The standard InChI is InChI=1S/C24H31N3O2/c28-24(21-9-11-22(12-10-21)29-23-8-5-13-25-17-23)27-16-6-7-20(19-27)18-26-14-3-1-2-4-15-26/h5,8-13,17,20H,1-4,6-7,14-16,18-19H2. The molecule has 0 N–H and O–H groups in total. The van der Waals surface area contributed by atoms with E-state index in [4.69, 9.17) is 4.74 Å². The fourth-order valence-electron chi connectivity index (χ4n) is 4.47. The highest BCUT2D eigenvalue weighted by Gasteiger charge is 2.26. The molecule has 1 aromatic carbocycles. The van der Waals surface area contributed by atoms with Crippen molar-refractivity contribution in [2.24, 2.45) is 5.92 Å². The molecule has 0 radical (unpaired) electrons. The Labute approximate surface area is 173 Å². The van der Waals surface area contributed by atoms with E-state index in [0.717, 1.165) is 31.6 Å². The van der Waals surface area contributed by atoms with E-state index in [9.17, 15) is 4.79 Å². The monoisotopic (exact) mass is 393 g/mol. The lowest BCUT2D eigenvalue weighted by atomic mass is 9.96. The number of ether oxygens (including phenoxy) is 1. The Morgan fingerprint density at radius 1 is 0.966 bits per heavy atom. The molecule has 5 nitrogen and oxygen atoms in total. The number of likely N-dealkylation sites (tertiary alicyclic amines) is 2. The van der Waals surface area contributed by atoms with Gasteiger partial charge in [-0.25, -0.2) is 0 Å². The van der Waals surface area contributed by atoms with Crippen LogP contribution < -0.4 is 4.74 Å². The molecule has 5 heteroatoms. The summed E-state index contributed by atoms with van der Waals surface area (Å²) < 4.78 is 5.78. The van der Waals surface area contributed by atoms with Gasteiger partial charge >= 0.3 is 0 Å². The van der Waals surface area contributed by atoms with Crippen LogP contribution in [0.15, 0.2) is 48.8 Å². The maximum atomic E-state index is 13.0. The smallest absolute Gasteiger partial charge is 0.253 e. The molecule has 0 saturated carbocycles. The molecule has 3 heterocycles. The van der Waals surface area contributed by atoms with Gasteiger partial charge in [0.25, 0.3) is 5.91 Å². The van der Waals surface area contributed by atoms with Crippen molar-refractivity contribution in [3.8, 4) is 11.5 Å². The van der Waals surface area contributed by atoms with E-state index in [1.54, 1.807) is 12.4 Å². The predicted octanol–water partition coefficient (Wildman–Crippen LogP) is 4.60. The van der Waals surface area contributed by atoms with Gasteiger partial charge in [0, 0.05) is 31.4 Å². The molecular formula is C24H31N3O2. The lowest BCUT2D eigenvalue weighted by Gasteiger charge is -2.35. The number of aromatic nitrogens is 1. The van der Waals surface area contributed by atoms with Gasteiger partial charge < -0.3 is 14.5 Å². The largest absolute Gasteiger partial charge is 0.456 e. The molecule has 4 rings (SSSR count). The molecule has 2 fully saturated rings. The summed E-state index contributed by atoms with van der Waals surface area (Å²) in [5.74, 6) is 2.14. The Bertz CT molecular complexity index is 770. The van der Waals surface area contributed by atoms with Gasteiger partial charge in [0.15, 0.2) is 0 Å². The van der Waals surface area contributed by atoms with Gasteiger partial charge in [0.1, 0.15) is 11.5 Å². The summed E-state index contributed by atoms with van der Waals surface area (Å²) in [6, 6.07) is 11.2. The quantitative estimate of drug-likeness (QED) is 0.745. The van der Waals surface area contributed by atoms with E-state index < -0.39 is 0 Å². The van der Waals surface area contributed by atoms with Crippen LogP contribution >= 0.6 is 0 Å². The van der Waals surface area contributed by atoms with Gasteiger partial charge in [-0.1, -0.05) is 12.8 Å². The normalized spacial score (nSPS) is 20.8. The van der Waals surface area contributed by atoms with Crippen LogP contribution in [0.3, 0.4) is 0 Å². The van der Waals surface area contributed by atoms with Crippen LogP contribution in [0.2, 0.25) is 0 Å². The zero-order chi connectivity index (χ0) is 19.9. The molecule has 1 unspecified atom stereocenters. The Balaban J connectivity index is 1.33. The van der Waals surface area contributed by atoms with E-state index in [-0.39, 0.29) is 5.91 Å². The average molecular weight is 394 g/mol. The van der Waals surface area contributed by atoms with Crippen molar-refractivity contribution >= 4 is 5.91 Å². The summed E-state index contributed by atoms with van der Waals surface area (Å²) in [5, 5.41) is 0. The molecule has 0 aliphatic carbocycles. The van der Waals surface area contributed by atoms with E-state index in [2.05, 4.69) is 9.88 Å². The first-order valence-corrected chi connectivity index (χ1v) is 11.0. The molecule has 29 heavy (non-hydrogen) atoms. The van der Waals surface area contributed by atoms with Crippen molar-refractivity contribution in [3.05, 3.63) is 54.4 Å². The highest BCUT2D eigenvalue weighted by Crippen LogP contribution is 2.24. The number of pyridine rings is 1. The first kappa shape index (κ1) is 19.9. The van der Waals surface area contributed by atoms with Gasteiger partial charge in [-0.15, -0.1) is 0 Å². The third-order valence-corrected chi connectivity index (χ3v) is 5.99. The topological polar surface area (TPSA) is 45.7 Å². The SMILES string of the molecule is O=C(c1ccc(Oc2cccnc2)cc1)N1CCCC(CN2CCCCCC2)C1. The summed E-state index contributed by atoms with van der Waals surface area (Å²) >= 11 is 0. The third kappa shape index (κ3) is 5.57. The van der Waals surface area contributed by atoms with Crippen LogP contribution in [0, 0.1) is 5.92 Å². The van der Waals surface area contributed by atoms with Crippen LogP contribution in [0.1, 0.15) is 48.9 Å². The van der Waals surface area contributed by atoms with Crippen LogP contribution in [0.5, 0.6) is 11.5 Å². The van der Waals surface area contributed by atoms with E-state index in [0.29, 0.717) is 17.4 Å². The van der Waals surface area contributed by atoms with Crippen molar-refractivity contribution in [3.63, 3.8) is 0 Å². The van der Waals surface area contributed by atoms with Crippen LogP contribution in [0.4, 0.5) is 0 Å². The van der Waals surface area contributed by atoms with Crippen molar-refractivity contribution < 1.29 is 9.53 Å². The Hall–Kier alpha value is -2.40. The minimum Gasteiger partial charge on any atom is -0.456 e. The maximum absolute atomic E-state index is 13.0. The lowest BCUT2D eigenvalue weighted by Crippen LogP contribution is -2.44. The molecule has 154 valence electrons. The molecule has 2 saturated heterocycles. The Morgan fingerprint density at radius 3 is 2.48 bits per heavy atom. The number of amides is 1. The molecule has 1 aromatic heterocycles. The first-order chi connectivity index (χ1) is 14.3. The van der Waals surface area contributed by atoms with Gasteiger partial charge in [-0.3, -0.25) is 9.78 Å². The average Bonchev–Trinajstić information content (AvgIpc) is 3.03. The molecule has 0 spiro atoms.